The second-order valence-electron chi connectivity index (χ2n) is 7.68. The van der Waals surface area contributed by atoms with E-state index < -0.39 is 0 Å². The van der Waals surface area contributed by atoms with Crippen LogP contribution in [0.2, 0.25) is 0 Å². The highest BCUT2D eigenvalue weighted by molar-refractivity contribution is 5.83. The smallest absolute Gasteiger partial charge is 0.223 e. The van der Waals surface area contributed by atoms with E-state index in [9.17, 15) is 9.90 Å². The molecule has 2 unspecified atom stereocenters. The molecule has 0 bridgehead atoms. The van der Waals surface area contributed by atoms with Gasteiger partial charge in [0, 0.05) is 18.6 Å². The van der Waals surface area contributed by atoms with Crippen molar-refractivity contribution in [3.63, 3.8) is 0 Å². The number of nitrogens with one attached hydrogen (secondary N) is 1. The molecule has 2 saturated carbocycles. The number of amides is 1. The minimum absolute atomic E-state index is 0.162. The Bertz CT molecular complexity index is 529. The van der Waals surface area contributed by atoms with Crippen molar-refractivity contribution in [2.45, 2.75) is 63.8 Å². The Morgan fingerprint density at radius 2 is 1.83 bits per heavy atom. The number of benzene rings is 1. The maximum absolute atomic E-state index is 12.4. The maximum Gasteiger partial charge on any atom is 0.223 e. The molecule has 0 aliphatic heterocycles. The molecule has 0 heterocycles. The third-order valence-electron chi connectivity index (χ3n) is 5.61. The second kappa shape index (κ2) is 7.04. The molecular formula is C20H29NO2. The molecule has 126 valence electrons. The summed E-state index contributed by atoms with van der Waals surface area (Å²) in [5, 5.41) is 12.4. The van der Waals surface area contributed by atoms with Gasteiger partial charge in [0.05, 0.1) is 0 Å². The fraction of sp³-hybridized carbons (Fsp3) is 0.650. The highest BCUT2D eigenvalue weighted by Gasteiger charge is 2.44. The van der Waals surface area contributed by atoms with Gasteiger partial charge in [-0.05, 0) is 61.0 Å². The van der Waals surface area contributed by atoms with E-state index in [-0.39, 0.29) is 18.4 Å². The zero-order valence-corrected chi connectivity index (χ0v) is 14.3. The lowest BCUT2D eigenvalue weighted by atomic mass is 9.86. The average molecular weight is 315 g/mol. The van der Waals surface area contributed by atoms with E-state index >= 15 is 0 Å². The standard InChI is InChI=1S/C20H29NO2/c1-13(2)15-5-7-16(8-6-15)18-11-19(18)20(23)21-17-9-3-14(12-22)4-10-17/h5-8,13-14,17-19,22H,3-4,9-12H2,1-2H3,(H,21,23). The van der Waals surface area contributed by atoms with Gasteiger partial charge in [-0.25, -0.2) is 0 Å². The molecule has 1 amide bonds. The van der Waals surface area contributed by atoms with Crippen molar-refractivity contribution in [1.29, 1.82) is 0 Å². The van der Waals surface area contributed by atoms with Gasteiger partial charge in [0.15, 0.2) is 0 Å². The van der Waals surface area contributed by atoms with E-state index in [1.807, 2.05) is 0 Å². The average Bonchev–Trinajstić information content (AvgIpc) is 3.36. The second-order valence-corrected chi connectivity index (χ2v) is 7.68. The van der Waals surface area contributed by atoms with Crippen LogP contribution in [0.15, 0.2) is 24.3 Å². The number of carbonyl (C=O) groups excluding carboxylic acids is 1. The zero-order chi connectivity index (χ0) is 16.4. The number of rotatable bonds is 5. The summed E-state index contributed by atoms with van der Waals surface area (Å²) in [6.07, 6.45) is 5.08. The summed E-state index contributed by atoms with van der Waals surface area (Å²) in [6.45, 7) is 4.69. The normalized spacial score (nSPS) is 30.3. The van der Waals surface area contributed by atoms with Gasteiger partial charge in [0.1, 0.15) is 0 Å². The summed E-state index contributed by atoms with van der Waals surface area (Å²) in [4.78, 5) is 12.4. The van der Waals surface area contributed by atoms with Crippen LogP contribution in [0.5, 0.6) is 0 Å². The van der Waals surface area contributed by atoms with Crippen LogP contribution in [-0.4, -0.2) is 23.7 Å². The SMILES string of the molecule is CC(C)c1ccc(C2CC2C(=O)NC2CCC(CO)CC2)cc1. The third kappa shape index (κ3) is 3.95. The lowest BCUT2D eigenvalue weighted by Crippen LogP contribution is -2.39. The first-order chi connectivity index (χ1) is 11.1. The van der Waals surface area contributed by atoms with E-state index in [2.05, 4.69) is 43.4 Å². The third-order valence-corrected chi connectivity index (χ3v) is 5.61. The van der Waals surface area contributed by atoms with Gasteiger partial charge in [0.25, 0.3) is 0 Å². The maximum atomic E-state index is 12.4. The number of hydrogen-bond acceptors (Lipinski definition) is 2. The molecule has 0 radical (unpaired) electrons. The number of carbonyl (C=O) groups is 1. The van der Waals surface area contributed by atoms with E-state index in [4.69, 9.17) is 0 Å². The molecule has 3 rings (SSSR count). The van der Waals surface area contributed by atoms with Crippen LogP contribution in [0.1, 0.15) is 68.9 Å². The zero-order valence-electron chi connectivity index (χ0n) is 14.3. The molecule has 2 aliphatic carbocycles. The van der Waals surface area contributed by atoms with Crippen molar-refractivity contribution in [3.05, 3.63) is 35.4 Å². The molecule has 3 heteroatoms. The van der Waals surface area contributed by atoms with Crippen LogP contribution in [0.3, 0.4) is 0 Å². The van der Waals surface area contributed by atoms with Crippen LogP contribution < -0.4 is 5.32 Å². The predicted octanol–water partition coefficient (Wildman–Crippen LogP) is 3.58. The molecule has 2 N–H and O–H groups in total. The monoisotopic (exact) mass is 315 g/mol. The van der Waals surface area contributed by atoms with Crippen molar-refractivity contribution >= 4 is 5.91 Å². The van der Waals surface area contributed by atoms with Crippen molar-refractivity contribution in [2.24, 2.45) is 11.8 Å². The summed E-state index contributed by atoms with van der Waals surface area (Å²) in [5.41, 5.74) is 2.66. The van der Waals surface area contributed by atoms with Gasteiger partial charge >= 0.3 is 0 Å². The summed E-state index contributed by atoms with van der Waals surface area (Å²) in [7, 11) is 0. The molecule has 2 fully saturated rings. The molecule has 0 spiro atoms. The Morgan fingerprint density at radius 1 is 1.17 bits per heavy atom. The first-order valence-corrected chi connectivity index (χ1v) is 9.09. The summed E-state index contributed by atoms with van der Waals surface area (Å²) < 4.78 is 0. The van der Waals surface area contributed by atoms with Gasteiger partial charge in [-0.1, -0.05) is 38.1 Å². The molecule has 3 nitrogen and oxygen atoms in total. The lowest BCUT2D eigenvalue weighted by Gasteiger charge is -2.28. The molecule has 1 aromatic rings. The van der Waals surface area contributed by atoms with Crippen molar-refractivity contribution in [1.82, 2.24) is 5.32 Å². The lowest BCUT2D eigenvalue weighted by molar-refractivity contribution is -0.123. The molecule has 2 atom stereocenters. The van der Waals surface area contributed by atoms with Crippen LogP contribution in [0, 0.1) is 11.8 Å². The summed E-state index contributed by atoms with van der Waals surface area (Å²) in [5.74, 6) is 1.79. The summed E-state index contributed by atoms with van der Waals surface area (Å²) >= 11 is 0. The fourth-order valence-corrected chi connectivity index (χ4v) is 3.78. The Balaban J connectivity index is 1.49. The van der Waals surface area contributed by atoms with E-state index in [1.54, 1.807) is 0 Å². The highest BCUT2D eigenvalue weighted by Crippen LogP contribution is 2.47. The Kier molecular flexibility index (Phi) is 5.05. The molecule has 23 heavy (non-hydrogen) atoms. The van der Waals surface area contributed by atoms with E-state index in [0.29, 0.717) is 23.8 Å². The van der Waals surface area contributed by atoms with Crippen LogP contribution in [0.4, 0.5) is 0 Å². The minimum atomic E-state index is 0.162. The van der Waals surface area contributed by atoms with E-state index in [1.165, 1.54) is 11.1 Å². The Labute approximate surface area is 139 Å². The number of aliphatic hydroxyl groups is 1. The van der Waals surface area contributed by atoms with Crippen LogP contribution in [-0.2, 0) is 4.79 Å². The molecular weight excluding hydrogens is 286 g/mol. The Hall–Kier alpha value is -1.35. The quantitative estimate of drug-likeness (QED) is 0.872. The highest BCUT2D eigenvalue weighted by atomic mass is 16.3. The Morgan fingerprint density at radius 3 is 2.39 bits per heavy atom. The van der Waals surface area contributed by atoms with Gasteiger partial charge in [-0.3, -0.25) is 4.79 Å². The van der Waals surface area contributed by atoms with Gasteiger partial charge in [-0.15, -0.1) is 0 Å². The van der Waals surface area contributed by atoms with Crippen LogP contribution >= 0.6 is 0 Å². The van der Waals surface area contributed by atoms with Crippen molar-refractivity contribution < 1.29 is 9.90 Å². The first-order valence-electron chi connectivity index (χ1n) is 9.09. The molecule has 1 aromatic carbocycles. The van der Waals surface area contributed by atoms with Crippen LogP contribution in [0.25, 0.3) is 0 Å². The molecule has 0 saturated heterocycles. The van der Waals surface area contributed by atoms with Gasteiger partial charge in [0.2, 0.25) is 5.91 Å². The molecule has 0 aromatic heterocycles. The minimum Gasteiger partial charge on any atom is -0.396 e. The largest absolute Gasteiger partial charge is 0.396 e. The number of hydrogen-bond donors (Lipinski definition) is 2. The molecule has 2 aliphatic rings. The topological polar surface area (TPSA) is 49.3 Å². The van der Waals surface area contributed by atoms with Crippen molar-refractivity contribution in [3.8, 4) is 0 Å². The van der Waals surface area contributed by atoms with Gasteiger partial charge in [-0.2, -0.15) is 0 Å². The van der Waals surface area contributed by atoms with Gasteiger partial charge < -0.3 is 10.4 Å². The summed E-state index contributed by atoms with van der Waals surface area (Å²) in [6, 6.07) is 9.10. The predicted molar refractivity (Wildman–Crippen MR) is 92.4 cm³/mol. The first kappa shape index (κ1) is 16.5. The fourth-order valence-electron chi connectivity index (χ4n) is 3.78. The van der Waals surface area contributed by atoms with E-state index in [0.717, 1.165) is 32.1 Å². The number of aliphatic hydroxyl groups excluding tert-OH is 1. The van der Waals surface area contributed by atoms with Crippen molar-refractivity contribution in [2.75, 3.05) is 6.61 Å².